The molecule has 19 nitrogen and oxygen atoms in total. The number of rotatable bonds is 47. The van der Waals surface area contributed by atoms with Crippen LogP contribution in [0.2, 0.25) is 0 Å². The maximum atomic E-state index is 13.2. The molecule has 3 aliphatic rings. The number of nitrogens with one attached hydrogen (secondary N) is 1. The Kier molecular flexibility index (Phi) is 40.5. The van der Waals surface area contributed by atoms with Crippen molar-refractivity contribution in [3.05, 3.63) is 24.3 Å². The molecule has 17 unspecified atom stereocenters. The maximum Gasteiger partial charge on any atom is 0.220 e. The number of hydrogen-bond donors (Lipinski definition) is 12. The molecule has 0 spiro atoms. The molecule has 0 aromatic heterocycles. The van der Waals surface area contributed by atoms with Gasteiger partial charge in [0.15, 0.2) is 18.9 Å². The van der Waals surface area contributed by atoms with Gasteiger partial charge in [0.1, 0.15) is 73.2 Å². The van der Waals surface area contributed by atoms with Crippen molar-refractivity contribution in [3.8, 4) is 0 Å². The van der Waals surface area contributed by atoms with Gasteiger partial charge in [-0.1, -0.05) is 212 Å². The van der Waals surface area contributed by atoms with Gasteiger partial charge in [0, 0.05) is 6.42 Å². The second-order valence-electron chi connectivity index (χ2n) is 22.9. The summed E-state index contributed by atoms with van der Waals surface area (Å²) in [4.78, 5) is 13.2. The monoisotopic (exact) mass is 1150 g/mol. The Bertz CT molecular complexity index is 1560. The van der Waals surface area contributed by atoms with E-state index in [1.807, 2.05) is 6.08 Å². The number of ether oxygens (including phenoxy) is 6. The van der Waals surface area contributed by atoms with Gasteiger partial charge < -0.3 is 89.9 Å². The molecule has 3 rings (SSSR count). The first-order chi connectivity index (χ1) is 38.8. The SMILES string of the molecule is CCCCCCCCCCCCCCCCCCCCCCC/C=C/CC/C=C/C(O)C(COC1OC(CO)C(OC2OC(CO)C(OC3OC(CO)C(O)C(O)C3O)C(O)C2O)C(O)C1O)NC(=O)CCCCCCCCCC. The summed E-state index contributed by atoms with van der Waals surface area (Å²) in [6.07, 6.45) is 20.7. The first kappa shape index (κ1) is 72.5. The van der Waals surface area contributed by atoms with E-state index < -0.39 is 124 Å². The van der Waals surface area contributed by atoms with E-state index in [4.69, 9.17) is 28.4 Å². The highest BCUT2D eigenvalue weighted by molar-refractivity contribution is 5.76. The van der Waals surface area contributed by atoms with E-state index in [2.05, 4.69) is 31.3 Å². The highest BCUT2D eigenvalue weighted by atomic mass is 16.8. The molecule has 0 bridgehead atoms. The largest absolute Gasteiger partial charge is 0.394 e. The first-order valence-corrected chi connectivity index (χ1v) is 31.6. The highest BCUT2D eigenvalue weighted by Gasteiger charge is 2.53. The summed E-state index contributed by atoms with van der Waals surface area (Å²) in [6, 6.07) is -0.984. The van der Waals surface area contributed by atoms with E-state index >= 15 is 0 Å². The predicted octanol–water partition coefficient (Wildman–Crippen LogP) is 6.32. The Hall–Kier alpha value is -1.73. The number of aliphatic hydroxyl groups is 11. The van der Waals surface area contributed by atoms with Crippen LogP contribution in [0.1, 0.15) is 226 Å². The summed E-state index contributed by atoms with van der Waals surface area (Å²) in [5.41, 5.74) is 0. The Balaban J connectivity index is 1.42. The number of carbonyl (C=O) groups is 1. The van der Waals surface area contributed by atoms with Crippen LogP contribution in [0, 0.1) is 0 Å². The normalized spacial score (nSPS) is 30.1. The lowest BCUT2D eigenvalue weighted by Gasteiger charge is -2.48. The number of allylic oxidation sites excluding steroid dienone is 3. The maximum absolute atomic E-state index is 13.2. The van der Waals surface area contributed by atoms with Gasteiger partial charge in [-0.05, 0) is 32.1 Å². The van der Waals surface area contributed by atoms with E-state index in [9.17, 15) is 61.0 Å². The summed E-state index contributed by atoms with van der Waals surface area (Å²) >= 11 is 0. The molecule has 80 heavy (non-hydrogen) atoms. The standard InChI is InChI=1S/C61H113NO18/c1-3-5-7-9-11-13-14-15-16-17-18-19-20-21-22-23-24-25-26-27-28-29-30-31-32-34-36-38-45(66)44(62-49(67)39-37-35-33-12-10-8-6-4-2)43-75-59-55(73)52(70)57(47(41-64)77-59)80-61-56(74)53(71)58(48(42-65)78-61)79-60-54(72)51(69)50(68)46(40-63)76-60/h30-31,36,38,44-48,50-61,63-66,68-74H,3-29,32-35,37,39-43H2,1-2H3,(H,62,67)/b31-30+,38-36+. The summed E-state index contributed by atoms with van der Waals surface area (Å²) in [7, 11) is 0. The third-order valence-corrected chi connectivity index (χ3v) is 16.0. The van der Waals surface area contributed by atoms with Crippen LogP contribution < -0.4 is 5.32 Å². The molecule has 0 aromatic carbocycles. The van der Waals surface area contributed by atoms with E-state index in [1.165, 1.54) is 148 Å². The van der Waals surface area contributed by atoms with E-state index in [-0.39, 0.29) is 18.9 Å². The third kappa shape index (κ3) is 28.0. The van der Waals surface area contributed by atoms with Crippen molar-refractivity contribution in [1.29, 1.82) is 0 Å². The molecule has 17 atom stereocenters. The third-order valence-electron chi connectivity index (χ3n) is 16.0. The zero-order valence-electron chi connectivity index (χ0n) is 49.1. The van der Waals surface area contributed by atoms with Gasteiger partial charge in [0.05, 0.1) is 38.6 Å². The minimum atomic E-state index is -1.98. The van der Waals surface area contributed by atoms with E-state index in [1.54, 1.807) is 6.08 Å². The molecule has 1 amide bonds. The number of carbonyl (C=O) groups excluding carboxylic acids is 1. The topological polar surface area (TPSA) is 307 Å². The molecular weight excluding hydrogens is 1030 g/mol. The highest BCUT2D eigenvalue weighted by Crippen LogP contribution is 2.33. The molecule has 0 aromatic rings. The van der Waals surface area contributed by atoms with Crippen LogP contribution in [-0.4, -0.2) is 193 Å². The van der Waals surface area contributed by atoms with Crippen molar-refractivity contribution in [1.82, 2.24) is 5.32 Å². The zero-order chi connectivity index (χ0) is 58.3. The second kappa shape index (κ2) is 44.7. The quantitative estimate of drug-likeness (QED) is 0.0234. The number of unbranched alkanes of at least 4 members (excludes halogenated alkanes) is 29. The average Bonchev–Trinajstić information content (AvgIpc) is 3.47. The van der Waals surface area contributed by atoms with Gasteiger partial charge in [-0.2, -0.15) is 0 Å². The van der Waals surface area contributed by atoms with Crippen LogP contribution in [0.5, 0.6) is 0 Å². The minimum Gasteiger partial charge on any atom is -0.394 e. The molecule has 12 N–H and O–H groups in total. The van der Waals surface area contributed by atoms with Crippen LogP contribution in [0.4, 0.5) is 0 Å². The molecule has 3 heterocycles. The fourth-order valence-electron chi connectivity index (χ4n) is 10.8. The fourth-order valence-corrected chi connectivity index (χ4v) is 10.8. The molecular formula is C61H113NO18. The molecule has 3 aliphatic heterocycles. The first-order valence-electron chi connectivity index (χ1n) is 31.6. The van der Waals surface area contributed by atoms with Gasteiger partial charge in [-0.15, -0.1) is 0 Å². The number of amides is 1. The lowest BCUT2D eigenvalue weighted by atomic mass is 9.96. The van der Waals surface area contributed by atoms with Crippen molar-refractivity contribution in [2.24, 2.45) is 0 Å². The van der Waals surface area contributed by atoms with Crippen LogP contribution in [-0.2, 0) is 33.2 Å². The van der Waals surface area contributed by atoms with Crippen LogP contribution >= 0.6 is 0 Å². The average molecular weight is 1150 g/mol. The van der Waals surface area contributed by atoms with Gasteiger partial charge >= 0.3 is 0 Å². The summed E-state index contributed by atoms with van der Waals surface area (Å²) in [5, 5.41) is 120. The minimum absolute atomic E-state index is 0.237. The zero-order valence-corrected chi connectivity index (χ0v) is 49.1. The second-order valence-corrected chi connectivity index (χ2v) is 22.9. The van der Waals surface area contributed by atoms with Gasteiger partial charge in [-0.25, -0.2) is 0 Å². The molecule has 3 fully saturated rings. The Labute approximate surface area is 479 Å². The molecule has 19 heteroatoms. The van der Waals surface area contributed by atoms with Gasteiger partial charge in [0.2, 0.25) is 5.91 Å². The molecule has 3 saturated heterocycles. The van der Waals surface area contributed by atoms with Crippen molar-refractivity contribution < 1.29 is 89.4 Å². The van der Waals surface area contributed by atoms with Crippen LogP contribution in [0.15, 0.2) is 24.3 Å². The lowest BCUT2D eigenvalue weighted by Crippen LogP contribution is -2.66. The fraction of sp³-hybridized carbons (Fsp3) is 0.918. The van der Waals surface area contributed by atoms with Gasteiger partial charge in [0.25, 0.3) is 0 Å². The van der Waals surface area contributed by atoms with Crippen LogP contribution in [0.3, 0.4) is 0 Å². The summed E-state index contributed by atoms with van der Waals surface area (Å²) in [6.45, 7) is 1.67. The Morgan fingerprint density at radius 3 is 1.25 bits per heavy atom. The molecule has 470 valence electrons. The summed E-state index contributed by atoms with van der Waals surface area (Å²) < 4.78 is 34.2. The lowest BCUT2D eigenvalue weighted by molar-refractivity contribution is -0.379. The van der Waals surface area contributed by atoms with Crippen molar-refractivity contribution in [3.63, 3.8) is 0 Å². The summed E-state index contributed by atoms with van der Waals surface area (Å²) in [5.74, 6) is -0.290. The predicted molar refractivity (Wildman–Crippen MR) is 305 cm³/mol. The van der Waals surface area contributed by atoms with Crippen LogP contribution in [0.25, 0.3) is 0 Å². The van der Waals surface area contributed by atoms with Gasteiger partial charge in [-0.3, -0.25) is 4.79 Å². The number of aliphatic hydroxyl groups excluding tert-OH is 11. The smallest absolute Gasteiger partial charge is 0.220 e. The van der Waals surface area contributed by atoms with E-state index in [0.29, 0.717) is 12.8 Å². The van der Waals surface area contributed by atoms with E-state index in [0.717, 1.165) is 44.9 Å². The van der Waals surface area contributed by atoms with Crippen molar-refractivity contribution in [2.75, 3.05) is 26.4 Å². The Morgan fingerprint density at radius 2 is 0.800 bits per heavy atom. The van der Waals surface area contributed by atoms with Crippen molar-refractivity contribution in [2.45, 2.75) is 330 Å². The molecule has 0 radical (unpaired) electrons. The van der Waals surface area contributed by atoms with Crippen molar-refractivity contribution >= 4 is 5.91 Å². The molecule has 0 saturated carbocycles. The number of hydrogen-bond acceptors (Lipinski definition) is 18. The molecule has 0 aliphatic carbocycles. The Morgan fingerprint density at radius 1 is 0.438 bits per heavy atom.